The number of carboxylic acid groups (broad SMARTS) is 1. The quantitative estimate of drug-likeness (QED) is 0.393. The molecule has 0 saturated heterocycles. The molecule has 0 aliphatic rings. The lowest BCUT2D eigenvalue weighted by Gasteiger charge is -2.18. The molecule has 0 unspecified atom stereocenters. The molecule has 4 rings (SSSR count). The van der Waals surface area contributed by atoms with Gasteiger partial charge in [0.15, 0.2) is 0 Å². The Morgan fingerprint density at radius 1 is 1.00 bits per heavy atom. The molecule has 1 heterocycles. The maximum Gasteiger partial charge on any atom is 0.353 e. The molecule has 4 aromatic rings. The zero-order valence-electron chi connectivity index (χ0n) is 17.4. The first-order valence-corrected chi connectivity index (χ1v) is 12.2. The molecular weight excluding hydrogens is 508 g/mol. The summed E-state index contributed by atoms with van der Waals surface area (Å²) >= 11 is 3.42. The Labute approximate surface area is 198 Å². The highest BCUT2D eigenvalue weighted by Crippen LogP contribution is 2.32. The second kappa shape index (κ2) is 8.93. The Bertz CT molecular complexity index is 1530. The third-order valence-corrected chi connectivity index (χ3v) is 7.26. The van der Waals surface area contributed by atoms with E-state index >= 15 is 0 Å². The average Bonchev–Trinajstić information content (AvgIpc) is 2.81. The van der Waals surface area contributed by atoms with Gasteiger partial charge in [-0.05, 0) is 53.9 Å². The van der Waals surface area contributed by atoms with E-state index in [0.29, 0.717) is 27.5 Å². The molecule has 9 heteroatoms. The number of pyridine rings is 1. The van der Waals surface area contributed by atoms with Gasteiger partial charge < -0.3 is 5.11 Å². The smallest absolute Gasteiger partial charge is 0.353 e. The van der Waals surface area contributed by atoms with Crippen LogP contribution in [0.1, 0.15) is 16.1 Å². The third-order valence-electron chi connectivity index (χ3n) is 5.34. The molecule has 0 radical (unpaired) electrons. The summed E-state index contributed by atoms with van der Waals surface area (Å²) in [5, 5.41) is 11.1. The molecule has 0 saturated carbocycles. The van der Waals surface area contributed by atoms with Crippen molar-refractivity contribution in [3.8, 4) is 11.1 Å². The number of aromatic carboxylic acids is 1. The van der Waals surface area contributed by atoms with Crippen molar-refractivity contribution in [2.24, 2.45) is 0 Å². The van der Waals surface area contributed by atoms with Crippen molar-refractivity contribution in [1.82, 2.24) is 9.29 Å². The van der Waals surface area contributed by atoms with Crippen LogP contribution in [0.15, 0.2) is 87.0 Å². The van der Waals surface area contributed by atoms with Crippen molar-refractivity contribution >= 4 is 42.7 Å². The SMILES string of the molecule is CNS(=O)(=O)c1ccc(Cn2c(C(=O)O)c(-c3ccccc3)c3cc(Br)ccc3c2=O)cc1. The van der Waals surface area contributed by atoms with Crippen LogP contribution in [-0.2, 0) is 16.6 Å². The molecule has 33 heavy (non-hydrogen) atoms. The number of nitrogens with zero attached hydrogens (tertiary/aromatic N) is 1. The summed E-state index contributed by atoms with van der Waals surface area (Å²) in [6.45, 7) is -0.0355. The first-order chi connectivity index (χ1) is 15.7. The van der Waals surface area contributed by atoms with Gasteiger partial charge in [0, 0.05) is 15.4 Å². The molecule has 1 aromatic heterocycles. The number of nitrogens with one attached hydrogen (secondary N) is 1. The lowest BCUT2D eigenvalue weighted by Crippen LogP contribution is -2.28. The van der Waals surface area contributed by atoms with E-state index in [4.69, 9.17) is 0 Å². The minimum atomic E-state index is -3.61. The Balaban J connectivity index is 1.98. The lowest BCUT2D eigenvalue weighted by atomic mass is 9.96. The Kier molecular flexibility index (Phi) is 6.20. The number of hydrogen-bond acceptors (Lipinski definition) is 4. The Hall–Kier alpha value is -3.27. The van der Waals surface area contributed by atoms with Gasteiger partial charge in [-0.1, -0.05) is 58.4 Å². The van der Waals surface area contributed by atoms with E-state index in [2.05, 4.69) is 20.7 Å². The fourth-order valence-electron chi connectivity index (χ4n) is 3.76. The molecule has 3 aromatic carbocycles. The molecule has 0 atom stereocenters. The summed E-state index contributed by atoms with van der Waals surface area (Å²) in [5.74, 6) is -1.23. The van der Waals surface area contributed by atoms with E-state index in [1.165, 1.54) is 23.7 Å². The van der Waals surface area contributed by atoms with Crippen molar-refractivity contribution in [3.63, 3.8) is 0 Å². The summed E-state index contributed by atoms with van der Waals surface area (Å²) < 4.78 is 28.2. The summed E-state index contributed by atoms with van der Waals surface area (Å²) in [6, 6.07) is 20.2. The molecule has 168 valence electrons. The largest absolute Gasteiger partial charge is 0.477 e. The van der Waals surface area contributed by atoms with E-state index in [9.17, 15) is 23.1 Å². The lowest BCUT2D eigenvalue weighted by molar-refractivity contribution is 0.0685. The van der Waals surface area contributed by atoms with Gasteiger partial charge in [-0.3, -0.25) is 9.36 Å². The minimum Gasteiger partial charge on any atom is -0.477 e. The van der Waals surface area contributed by atoms with Crippen molar-refractivity contribution < 1.29 is 18.3 Å². The monoisotopic (exact) mass is 526 g/mol. The normalized spacial score (nSPS) is 11.6. The minimum absolute atomic E-state index is 0.0355. The summed E-state index contributed by atoms with van der Waals surface area (Å²) in [6.07, 6.45) is 0. The number of carbonyl (C=O) groups is 1. The fraction of sp³-hybridized carbons (Fsp3) is 0.0833. The standard InChI is InChI=1S/C24H19BrN2O5S/c1-26-33(31,32)18-10-7-15(8-11-18)14-27-22(24(29)30)21(16-5-3-2-4-6-16)20-13-17(25)9-12-19(20)23(27)28/h2-13,26H,14H2,1H3,(H,29,30). The maximum atomic E-state index is 13.4. The van der Waals surface area contributed by atoms with Crippen LogP contribution in [0.5, 0.6) is 0 Å². The molecule has 0 spiro atoms. The van der Waals surface area contributed by atoms with Crippen LogP contribution in [0.25, 0.3) is 21.9 Å². The summed E-state index contributed by atoms with van der Waals surface area (Å²) in [7, 11) is -2.29. The second-order valence-electron chi connectivity index (χ2n) is 7.33. The van der Waals surface area contributed by atoms with Gasteiger partial charge in [0.1, 0.15) is 5.69 Å². The van der Waals surface area contributed by atoms with Crippen LogP contribution < -0.4 is 10.3 Å². The van der Waals surface area contributed by atoms with Gasteiger partial charge in [0.25, 0.3) is 5.56 Å². The van der Waals surface area contributed by atoms with Crippen molar-refractivity contribution in [2.75, 3.05) is 7.05 Å². The maximum absolute atomic E-state index is 13.4. The summed E-state index contributed by atoms with van der Waals surface area (Å²) in [4.78, 5) is 25.9. The number of benzene rings is 3. The first kappa shape index (κ1) is 22.9. The van der Waals surface area contributed by atoms with E-state index in [-0.39, 0.29) is 17.1 Å². The number of fused-ring (bicyclic) bond motifs is 1. The van der Waals surface area contributed by atoms with Crippen LogP contribution in [-0.4, -0.2) is 31.1 Å². The number of rotatable bonds is 6. The van der Waals surface area contributed by atoms with Gasteiger partial charge in [0.05, 0.1) is 11.4 Å². The van der Waals surface area contributed by atoms with Gasteiger partial charge >= 0.3 is 5.97 Å². The first-order valence-electron chi connectivity index (χ1n) is 9.90. The predicted molar refractivity (Wildman–Crippen MR) is 130 cm³/mol. The molecule has 0 aliphatic carbocycles. The van der Waals surface area contributed by atoms with E-state index in [1.807, 2.05) is 6.07 Å². The van der Waals surface area contributed by atoms with E-state index < -0.39 is 21.6 Å². The molecule has 2 N–H and O–H groups in total. The number of halogens is 1. The highest BCUT2D eigenvalue weighted by Gasteiger charge is 2.23. The van der Waals surface area contributed by atoms with Crippen LogP contribution in [0.2, 0.25) is 0 Å². The van der Waals surface area contributed by atoms with Crippen molar-refractivity contribution in [3.05, 3.63) is 98.9 Å². The number of sulfonamides is 1. The van der Waals surface area contributed by atoms with Crippen LogP contribution >= 0.6 is 15.9 Å². The molecule has 0 bridgehead atoms. The second-order valence-corrected chi connectivity index (χ2v) is 10.1. The molecular formula is C24H19BrN2O5S. The molecule has 0 aliphatic heterocycles. The number of hydrogen-bond donors (Lipinski definition) is 2. The number of aromatic nitrogens is 1. The number of carboxylic acids is 1. The summed E-state index contributed by atoms with van der Waals surface area (Å²) in [5.41, 5.74) is 1.12. The van der Waals surface area contributed by atoms with E-state index in [0.717, 1.165) is 4.47 Å². The van der Waals surface area contributed by atoms with Crippen molar-refractivity contribution in [2.45, 2.75) is 11.4 Å². The molecule has 0 fully saturated rings. The zero-order chi connectivity index (χ0) is 23.8. The molecule has 0 amide bonds. The van der Waals surface area contributed by atoms with Gasteiger partial charge in [-0.2, -0.15) is 0 Å². The van der Waals surface area contributed by atoms with Gasteiger partial charge in [-0.25, -0.2) is 17.9 Å². The van der Waals surface area contributed by atoms with Gasteiger partial charge in [0.2, 0.25) is 10.0 Å². The van der Waals surface area contributed by atoms with Crippen LogP contribution in [0, 0.1) is 0 Å². The fourth-order valence-corrected chi connectivity index (χ4v) is 4.86. The average molecular weight is 527 g/mol. The highest BCUT2D eigenvalue weighted by atomic mass is 79.9. The van der Waals surface area contributed by atoms with Crippen LogP contribution in [0.3, 0.4) is 0 Å². The predicted octanol–water partition coefficient (Wildman–Crippen LogP) is 4.09. The molecule has 7 nitrogen and oxygen atoms in total. The Morgan fingerprint density at radius 2 is 1.67 bits per heavy atom. The van der Waals surface area contributed by atoms with Crippen LogP contribution in [0.4, 0.5) is 0 Å². The Morgan fingerprint density at radius 3 is 2.27 bits per heavy atom. The van der Waals surface area contributed by atoms with Crippen molar-refractivity contribution in [1.29, 1.82) is 0 Å². The van der Waals surface area contributed by atoms with E-state index in [1.54, 1.807) is 54.6 Å². The zero-order valence-corrected chi connectivity index (χ0v) is 19.9. The highest BCUT2D eigenvalue weighted by molar-refractivity contribution is 9.10. The topological polar surface area (TPSA) is 105 Å². The van der Waals surface area contributed by atoms with Gasteiger partial charge in [-0.15, -0.1) is 0 Å². The third kappa shape index (κ3) is 4.35.